The third-order valence-corrected chi connectivity index (χ3v) is 2.35. The predicted octanol–water partition coefficient (Wildman–Crippen LogP) is 1.76. The van der Waals surface area contributed by atoms with Crippen LogP contribution in [0, 0.1) is 5.92 Å². The van der Waals surface area contributed by atoms with Gasteiger partial charge in [0.05, 0.1) is 13.2 Å². The third kappa shape index (κ3) is 4.27. The van der Waals surface area contributed by atoms with Gasteiger partial charge >= 0.3 is 5.97 Å². The molecule has 0 aromatic rings. The number of hydrogen-bond donors (Lipinski definition) is 0. The summed E-state index contributed by atoms with van der Waals surface area (Å²) in [6.07, 6.45) is 5.13. The van der Waals surface area contributed by atoms with Crippen molar-refractivity contribution < 1.29 is 14.3 Å². The molecule has 1 aliphatic rings. The second-order valence-corrected chi connectivity index (χ2v) is 3.47. The van der Waals surface area contributed by atoms with E-state index in [1.165, 1.54) is 25.7 Å². The lowest BCUT2D eigenvalue weighted by molar-refractivity contribution is -0.148. The first-order valence-corrected chi connectivity index (χ1v) is 5.06. The van der Waals surface area contributed by atoms with Crippen LogP contribution in [-0.2, 0) is 14.3 Å². The molecule has 0 saturated heterocycles. The molecule has 0 radical (unpaired) electrons. The average Bonchev–Trinajstić information content (AvgIpc) is 2.57. The van der Waals surface area contributed by atoms with E-state index in [1.54, 1.807) is 6.92 Å². The summed E-state index contributed by atoms with van der Waals surface area (Å²) in [5, 5.41) is 0. The van der Waals surface area contributed by atoms with Gasteiger partial charge in [-0.1, -0.05) is 12.8 Å². The molecule has 1 aliphatic carbocycles. The molecular formula is C10H18O3. The molecule has 1 saturated carbocycles. The largest absolute Gasteiger partial charge is 0.464 e. The highest BCUT2D eigenvalue weighted by atomic mass is 16.6. The predicted molar refractivity (Wildman–Crippen MR) is 49.4 cm³/mol. The number of rotatable bonds is 5. The van der Waals surface area contributed by atoms with Crippen LogP contribution in [-0.4, -0.2) is 25.8 Å². The zero-order valence-corrected chi connectivity index (χ0v) is 8.25. The number of ether oxygens (including phenoxy) is 2. The minimum absolute atomic E-state index is 0.115. The molecule has 0 unspecified atom stereocenters. The van der Waals surface area contributed by atoms with Crippen LogP contribution in [0.1, 0.15) is 32.6 Å². The van der Waals surface area contributed by atoms with Crippen LogP contribution in [0.4, 0.5) is 0 Å². The van der Waals surface area contributed by atoms with E-state index in [9.17, 15) is 4.79 Å². The minimum Gasteiger partial charge on any atom is -0.464 e. The molecule has 3 heteroatoms. The lowest BCUT2D eigenvalue weighted by Crippen LogP contribution is -2.15. The Balaban J connectivity index is 1.96. The molecule has 0 aromatic carbocycles. The summed E-state index contributed by atoms with van der Waals surface area (Å²) >= 11 is 0. The van der Waals surface area contributed by atoms with Crippen molar-refractivity contribution in [1.29, 1.82) is 0 Å². The molecule has 0 atom stereocenters. The van der Waals surface area contributed by atoms with E-state index in [-0.39, 0.29) is 12.6 Å². The molecule has 13 heavy (non-hydrogen) atoms. The van der Waals surface area contributed by atoms with Gasteiger partial charge in [0.1, 0.15) is 6.61 Å². The van der Waals surface area contributed by atoms with Gasteiger partial charge in [0.15, 0.2) is 0 Å². The van der Waals surface area contributed by atoms with Crippen molar-refractivity contribution >= 4 is 5.97 Å². The summed E-state index contributed by atoms with van der Waals surface area (Å²) in [6, 6.07) is 0. The Kier molecular flexibility index (Phi) is 4.83. The monoisotopic (exact) mass is 186 g/mol. The van der Waals surface area contributed by atoms with Gasteiger partial charge in [-0.05, 0) is 25.7 Å². The van der Waals surface area contributed by atoms with Crippen LogP contribution in [0.2, 0.25) is 0 Å². The van der Waals surface area contributed by atoms with Gasteiger partial charge in [-0.25, -0.2) is 4.79 Å². The fourth-order valence-corrected chi connectivity index (χ4v) is 1.69. The highest BCUT2D eigenvalue weighted by Gasteiger charge is 2.15. The number of carbonyl (C=O) groups is 1. The lowest BCUT2D eigenvalue weighted by atomic mass is 10.1. The van der Waals surface area contributed by atoms with Crippen LogP contribution in [0.15, 0.2) is 0 Å². The second kappa shape index (κ2) is 5.97. The van der Waals surface area contributed by atoms with Crippen molar-refractivity contribution in [3.05, 3.63) is 0 Å². The van der Waals surface area contributed by atoms with E-state index in [0.717, 1.165) is 6.61 Å². The van der Waals surface area contributed by atoms with Gasteiger partial charge in [-0.2, -0.15) is 0 Å². The first-order valence-electron chi connectivity index (χ1n) is 5.06. The smallest absolute Gasteiger partial charge is 0.332 e. The van der Waals surface area contributed by atoms with Crippen molar-refractivity contribution in [2.75, 3.05) is 19.8 Å². The van der Waals surface area contributed by atoms with Crippen molar-refractivity contribution in [3.8, 4) is 0 Å². The van der Waals surface area contributed by atoms with Gasteiger partial charge in [0.2, 0.25) is 0 Å². The van der Waals surface area contributed by atoms with Crippen LogP contribution in [0.25, 0.3) is 0 Å². The first kappa shape index (κ1) is 10.5. The Bertz CT molecular complexity index is 150. The third-order valence-electron chi connectivity index (χ3n) is 2.35. The van der Waals surface area contributed by atoms with E-state index >= 15 is 0 Å². The number of hydrogen-bond acceptors (Lipinski definition) is 3. The highest BCUT2D eigenvalue weighted by Crippen LogP contribution is 2.24. The van der Waals surface area contributed by atoms with Gasteiger partial charge < -0.3 is 9.47 Å². The number of carbonyl (C=O) groups excluding carboxylic acids is 1. The molecule has 0 bridgehead atoms. The van der Waals surface area contributed by atoms with Crippen LogP contribution in [0.5, 0.6) is 0 Å². The molecule has 0 aromatic heterocycles. The molecule has 76 valence electrons. The normalized spacial score (nSPS) is 17.6. The van der Waals surface area contributed by atoms with E-state index in [0.29, 0.717) is 12.5 Å². The van der Waals surface area contributed by atoms with Gasteiger partial charge in [0, 0.05) is 0 Å². The quantitative estimate of drug-likeness (QED) is 0.614. The summed E-state index contributed by atoms with van der Waals surface area (Å²) in [5.74, 6) is 0.426. The standard InChI is InChI=1S/C10H18O3/c1-2-13-10(11)8-12-7-9-5-3-4-6-9/h9H,2-8H2,1H3. The maximum atomic E-state index is 10.9. The Morgan fingerprint density at radius 1 is 1.38 bits per heavy atom. The van der Waals surface area contributed by atoms with E-state index in [4.69, 9.17) is 9.47 Å². The fourth-order valence-electron chi connectivity index (χ4n) is 1.69. The summed E-state index contributed by atoms with van der Waals surface area (Å²) in [4.78, 5) is 10.9. The van der Waals surface area contributed by atoms with E-state index < -0.39 is 0 Å². The second-order valence-electron chi connectivity index (χ2n) is 3.47. The van der Waals surface area contributed by atoms with Crippen molar-refractivity contribution in [2.45, 2.75) is 32.6 Å². The molecule has 3 nitrogen and oxygen atoms in total. The Labute approximate surface area is 79.4 Å². The SMILES string of the molecule is CCOC(=O)COCC1CCCC1. The van der Waals surface area contributed by atoms with E-state index in [2.05, 4.69) is 0 Å². The van der Waals surface area contributed by atoms with Crippen LogP contribution < -0.4 is 0 Å². The van der Waals surface area contributed by atoms with Crippen molar-refractivity contribution in [3.63, 3.8) is 0 Å². The topological polar surface area (TPSA) is 35.5 Å². The Morgan fingerprint density at radius 3 is 2.69 bits per heavy atom. The molecule has 0 aliphatic heterocycles. The maximum absolute atomic E-state index is 10.9. The summed E-state index contributed by atoms with van der Waals surface area (Å²) < 4.78 is 10.0. The first-order chi connectivity index (χ1) is 6.33. The summed E-state index contributed by atoms with van der Waals surface area (Å²) in [5.41, 5.74) is 0. The van der Waals surface area contributed by atoms with Crippen molar-refractivity contribution in [1.82, 2.24) is 0 Å². The zero-order valence-electron chi connectivity index (χ0n) is 8.25. The Hall–Kier alpha value is -0.570. The molecule has 1 rings (SSSR count). The molecule has 0 spiro atoms. The van der Waals surface area contributed by atoms with Gasteiger partial charge in [0.25, 0.3) is 0 Å². The molecule has 0 amide bonds. The van der Waals surface area contributed by atoms with Crippen molar-refractivity contribution in [2.24, 2.45) is 5.92 Å². The molecule has 0 N–H and O–H groups in total. The van der Waals surface area contributed by atoms with Crippen LogP contribution >= 0.6 is 0 Å². The maximum Gasteiger partial charge on any atom is 0.332 e. The highest BCUT2D eigenvalue weighted by molar-refractivity contribution is 5.70. The molecular weight excluding hydrogens is 168 g/mol. The zero-order chi connectivity index (χ0) is 9.52. The average molecular weight is 186 g/mol. The Morgan fingerprint density at radius 2 is 2.08 bits per heavy atom. The van der Waals surface area contributed by atoms with E-state index in [1.807, 2.05) is 0 Å². The number of esters is 1. The lowest BCUT2D eigenvalue weighted by Gasteiger charge is -2.08. The van der Waals surface area contributed by atoms with Gasteiger partial charge in [-0.3, -0.25) is 0 Å². The van der Waals surface area contributed by atoms with Gasteiger partial charge in [-0.15, -0.1) is 0 Å². The fraction of sp³-hybridized carbons (Fsp3) is 0.900. The summed E-state index contributed by atoms with van der Waals surface area (Å²) in [7, 11) is 0. The summed E-state index contributed by atoms with van der Waals surface area (Å²) in [6.45, 7) is 3.07. The minimum atomic E-state index is -0.250. The van der Waals surface area contributed by atoms with Crippen LogP contribution in [0.3, 0.4) is 0 Å². The molecule has 0 heterocycles. The molecule has 1 fully saturated rings.